The van der Waals surface area contributed by atoms with Crippen LogP contribution in [0, 0.1) is 5.21 Å². The average molecular weight is 510 g/mol. The molecule has 190 valence electrons. The highest BCUT2D eigenvalue weighted by atomic mass is 16.7. The Balaban J connectivity index is 1.33. The zero-order valence-corrected chi connectivity index (χ0v) is 20.7. The molecule has 0 saturated carbocycles. The van der Waals surface area contributed by atoms with E-state index in [-0.39, 0.29) is 35.3 Å². The van der Waals surface area contributed by atoms with Crippen LogP contribution in [0.15, 0.2) is 60.9 Å². The Morgan fingerprint density at radius 1 is 1.05 bits per heavy atom. The number of hydrogen-bond acceptors (Lipinski definition) is 7. The fraction of sp³-hybridized carbons (Fsp3) is 0.250. The summed E-state index contributed by atoms with van der Waals surface area (Å²) in [6.45, 7) is 4.93. The SMILES string of the molecule is CC1(C)OC[C@H](Cn2cc(Cn3c4c(c5ccccc53)C(=O)c3c[n+]([O-])c5ccccc5c3C4=O)nn2)O1. The van der Waals surface area contributed by atoms with Crippen molar-refractivity contribution in [3.05, 3.63) is 94.2 Å². The molecule has 0 spiro atoms. The van der Waals surface area contributed by atoms with E-state index >= 15 is 0 Å². The van der Waals surface area contributed by atoms with E-state index < -0.39 is 5.79 Å². The quantitative estimate of drug-likeness (QED) is 0.265. The molecule has 3 aromatic heterocycles. The number of nitrogens with zero attached hydrogens (tertiary/aromatic N) is 5. The fourth-order valence-electron chi connectivity index (χ4n) is 5.60. The number of pyridine rings is 1. The molecule has 4 heterocycles. The first-order chi connectivity index (χ1) is 18.3. The van der Waals surface area contributed by atoms with Crippen LogP contribution in [-0.2, 0) is 22.6 Å². The third kappa shape index (κ3) is 3.37. The van der Waals surface area contributed by atoms with Crippen LogP contribution in [0.25, 0.3) is 21.8 Å². The van der Waals surface area contributed by atoms with E-state index in [1.165, 1.54) is 6.20 Å². The molecule has 2 aromatic carbocycles. The fourth-order valence-corrected chi connectivity index (χ4v) is 5.60. The summed E-state index contributed by atoms with van der Waals surface area (Å²) in [5, 5.41) is 22.4. The second-order valence-corrected chi connectivity index (χ2v) is 10.1. The van der Waals surface area contributed by atoms with Gasteiger partial charge in [-0.2, -0.15) is 4.73 Å². The van der Waals surface area contributed by atoms with E-state index in [1.54, 1.807) is 28.9 Å². The minimum atomic E-state index is -0.629. The second-order valence-electron chi connectivity index (χ2n) is 10.1. The number of aromatic nitrogens is 5. The number of para-hydroxylation sites is 2. The molecule has 7 rings (SSSR count). The standard InChI is InChI=1S/C28H23N5O5/c1-28(2)37-15-17(38-28)13-31-11-16(29-30-31)12-32-21-9-5-3-7-18(21)24-25(32)27(35)23-19-8-4-6-10-22(19)33(36)14-20(23)26(24)34/h3-11,14,17H,12-13,15H2,1-2H3/t17-/m0/s1. The predicted octanol–water partition coefficient (Wildman–Crippen LogP) is 2.99. The minimum Gasteiger partial charge on any atom is -0.618 e. The van der Waals surface area contributed by atoms with Crippen LogP contribution in [0.1, 0.15) is 51.5 Å². The first-order valence-electron chi connectivity index (χ1n) is 12.4. The molecule has 10 heteroatoms. The Morgan fingerprint density at radius 3 is 2.61 bits per heavy atom. The average Bonchev–Trinajstić information content (AvgIpc) is 3.58. The summed E-state index contributed by atoms with van der Waals surface area (Å²) >= 11 is 0. The Labute approximate surface area is 216 Å². The lowest BCUT2D eigenvalue weighted by Gasteiger charge is -2.18. The van der Waals surface area contributed by atoms with Gasteiger partial charge in [-0.1, -0.05) is 35.5 Å². The normalized spacial score (nSPS) is 18.3. The lowest BCUT2D eigenvalue weighted by molar-refractivity contribution is -0.577. The Morgan fingerprint density at radius 2 is 1.82 bits per heavy atom. The largest absolute Gasteiger partial charge is 0.618 e. The van der Waals surface area contributed by atoms with Crippen molar-refractivity contribution in [1.82, 2.24) is 19.6 Å². The number of hydrogen-bond donors (Lipinski definition) is 0. The van der Waals surface area contributed by atoms with Crippen LogP contribution >= 0.6 is 0 Å². The van der Waals surface area contributed by atoms with Crippen LogP contribution in [0.3, 0.4) is 0 Å². The summed E-state index contributed by atoms with van der Waals surface area (Å²) in [6.07, 6.45) is 2.89. The highest BCUT2D eigenvalue weighted by Crippen LogP contribution is 2.37. The zero-order valence-electron chi connectivity index (χ0n) is 20.7. The summed E-state index contributed by atoms with van der Waals surface area (Å²) in [5.41, 5.74) is 2.66. The van der Waals surface area contributed by atoms with E-state index in [0.29, 0.717) is 51.1 Å². The molecule has 5 aromatic rings. The van der Waals surface area contributed by atoms with Gasteiger partial charge in [0, 0.05) is 17.0 Å². The molecule has 2 aliphatic rings. The number of carbonyl (C=O) groups is 2. The number of rotatable bonds is 4. The number of ether oxygens (including phenoxy) is 2. The molecule has 0 bridgehead atoms. The van der Waals surface area contributed by atoms with Crippen molar-refractivity contribution in [2.24, 2.45) is 0 Å². The molecule has 38 heavy (non-hydrogen) atoms. The summed E-state index contributed by atoms with van der Waals surface area (Å²) < 4.78 is 15.7. The highest BCUT2D eigenvalue weighted by molar-refractivity contribution is 6.34. The van der Waals surface area contributed by atoms with Gasteiger partial charge in [0.15, 0.2) is 12.0 Å². The Hall–Kier alpha value is -4.41. The van der Waals surface area contributed by atoms with Crippen LogP contribution in [0.2, 0.25) is 0 Å². The monoisotopic (exact) mass is 509 g/mol. The zero-order chi connectivity index (χ0) is 26.2. The lowest BCUT2D eigenvalue weighted by Crippen LogP contribution is -2.33. The number of benzene rings is 2. The highest BCUT2D eigenvalue weighted by Gasteiger charge is 2.39. The van der Waals surface area contributed by atoms with Crippen molar-refractivity contribution in [3.63, 3.8) is 0 Å². The molecule has 1 atom stereocenters. The maximum absolute atomic E-state index is 14.1. The van der Waals surface area contributed by atoms with Crippen molar-refractivity contribution in [1.29, 1.82) is 0 Å². The van der Waals surface area contributed by atoms with Gasteiger partial charge in [0.05, 0.1) is 48.0 Å². The summed E-state index contributed by atoms with van der Waals surface area (Å²) in [6, 6.07) is 14.2. The van der Waals surface area contributed by atoms with Gasteiger partial charge in [0.25, 0.3) is 0 Å². The number of ketones is 2. The smallest absolute Gasteiger partial charge is 0.224 e. The van der Waals surface area contributed by atoms with Gasteiger partial charge in [-0.3, -0.25) is 9.59 Å². The molecule has 0 radical (unpaired) electrons. The summed E-state index contributed by atoms with van der Waals surface area (Å²) in [7, 11) is 0. The Bertz CT molecular complexity index is 1800. The van der Waals surface area contributed by atoms with Crippen molar-refractivity contribution in [2.45, 2.75) is 38.8 Å². The van der Waals surface area contributed by atoms with Gasteiger partial charge in [0.2, 0.25) is 17.1 Å². The summed E-state index contributed by atoms with van der Waals surface area (Å²) in [4.78, 5) is 27.9. The van der Waals surface area contributed by atoms with E-state index in [2.05, 4.69) is 10.3 Å². The van der Waals surface area contributed by atoms with Gasteiger partial charge in [-0.25, -0.2) is 4.68 Å². The lowest BCUT2D eigenvalue weighted by atomic mass is 9.85. The number of fused-ring (bicyclic) bond motifs is 6. The van der Waals surface area contributed by atoms with Gasteiger partial charge in [-0.05, 0) is 26.0 Å². The topological polar surface area (TPSA) is 115 Å². The predicted molar refractivity (Wildman–Crippen MR) is 136 cm³/mol. The second kappa shape index (κ2) is 8.04. The van der Waals surface area contributed by atoms with Gasteiger partial charge in [0.1, 0.15) is 17.5 Å². The third-order valence-electron chi connectivity index (χ3n) is 7.18. The van der Waals surface area contributed by atoms with Crippen LogP contribution in [0.5, 0.6) is 0 Å². The maximum Gasteiger partial charge on any atom is 0.224 e. The van der Waals surface area contributed by atoms with E-state index in [4.69, 9.17) is 9.47 Å². The van der Waals surface area contributed by atoms with Crippen molar-refractivity contribution < 1.29 is 23.8 Å². The first-order valence-corrected chi connectivity index (χ1v) is 12.4. The molecule has 1 aliphatic heterocycles. The third-order valence-corrected chi connectivity index (χ3v) is 7.18. The first kappa shape index (κ1) is 22.8. The molecular formula is C28H23N5O5. The van der Waals surface area contributed by atoms with E-state index in [1.807, 2.05) is 48.9 Å². The van der Waals surface area contributed by atoms with Gasteiger partial charge >= 0.3 is 0 Å². The molecule has 0 N–H and O–H groups in total. The molecule has 1 aliphatic carbocycles. The van der Waals surface area contributed by atoms with Crippen LogP contribution in [-0.4, -0.2) is 49.6 Å². The van der Waals surface area contributed by atoms with Crippen LogP contribution in [0.4, 0.5) is 0 Å². The van der Waals surface area contributed by atoms with Crippen molar-refractivity contribution in [3.8, 4) is 0 Å². The minimum absolute atomic E-state index is 0.117. The van der Waals surface area contributed by atoms with Crippen molar-refractivity contribution >= 4 is 33.4 Å². The molecule has 0 amide bonds. The molecule has 10 nitrogen and oxygen atoms in total. The van der Waals surface area contributed by atoms with Gasteiger partial charge < -0.3 is 19.2 Å². The molecule has 1 saturated heterocycles. The van der Waals surface area contributed by atoms with Crippen LogP contribution < -0.4 is 4.73 Å². The number of carbonyl (C=O) groups excluding carboxylic acids is 2. The van der Waals surface area contributed by atoms with Gasteiger partial charge in [-0.15, -0.1) is 5.10 Å². The maximum atomic E-state index is 14.1. The van der Waals surface area contributed by atoms with E-state index in [9.17, 15) is 14.8 Å². The van der Waals surface area contributed by atoms with Crippen molar-refractivity contribution in [2.75, 3.05) is 6.61 Å². The summed E-state index contributed by atoms with van der Waals surface area (Å²) in [5.74, 6) is -1.27. The molecule has 1 fully saturated rings. The van der Waals surface area contributed by atoms with E-state index in [0.717, 1.165) is 5.52 Å². The molecular weight excluding hydrogens is 486 g/mol. The molecule has 0 unspecified atom stereocenters. The Kier molecular flexibility index (Phi) is 4.82.